The molecule has 0 radical (unpaired) electrons. The van der Waals surface area contributed by atoms with Gasteiger partial charge in [0.2, 0.25) is 0 Å². The van der Waals surface area contributed by atoms with Gasteiger partial charge in [-0.25, -0.2) is 8.78 Å². The lowest BCUT2D eigenvalue weighted by Gasteiger charge is -2.20. The van der Waals surface area contributed by atoms with Crippen LogP contribution in [0.15, 0.2) is 34.6 Å². The van der Waals surface area contributed by atoms with E-state index in [0.717, 1.165) is 18.1 Å². The number of benzene rings is 1. The van der Waals surface area contributed by atoms with E-state index in [0.29, 0.717) is 30.5 Å². The van der Waals surface area contributed by atoms with Gasteiger partial charge in [0.25, 0.3) is 0 Å². The normalized spacial score (nSPS) is 24.1. The summed E-state index contributed by atoms with van der Waals surface area (Å²) in [6, 6.07) is 4.03. The molecule has 0 spiro atoms. The highest BCUT2D eigenvalue weighted by atomic mass is 19.2. The fourth-order valence-electron chi connectivity index (χ4n) is 2.80. The van der Waals surface area contributed by atoms with Gasteiger partial charge in [-0.2, -0.15) is 0 Å². The van der Waals surface area contributed by atoms with Crippen LogP contribution in [0.3, 0.4) is 0 Å². The molecule has 24 heavy (non-hydrogen) atoms. The summed E-state index contributed by atoms with van der Waals surface area (Å²) in [5, 5.41) is 0. The van der Waals surface area contributed by atoms with Crippen LogP contribution < -0.4 is 5.73 Å². The van der Waals surface area contributed by atoms with E-state index in [1.54, 1.807) is 19.4 Å². The van der Waals surface area contributed by atoms with Crippen molar-refractivity contribution in [2.24, 2.45) is 16.6 Å². The molecule has 1 saturated carbocycles. The maximum Gasteiger partial charge on any atom is 0.159 e. The third-order valence-electron chi connectivity index (χ3n) is 4.44. The predicted octanol–water partition coefficient (Wildman–Crippen LogP) is 3.17. The van der Waals surface area contributed by atoms with Crippen LogP contribution in [0.5, 0.6) is 0 Å². The molecule has 4 nitrogen and oxygen atoms in total. The second kappa shape index (κ2) is 7.75. The van der Waals surface area contributed by atoms with Gasteiger partial charge in [-0.3, -0.25) is 4.99 Å². The van der Waals surface area contributed by atoms with Gasteiger partial charge in [0.05, 0.1) is 25.1 Å². The Morgan fingerprint density at radius 2 is 2.12 bits per heavy atom. The monoisotopic (exact) mass is 338 g/mol. The molecule has 132 valence electrons. The van der Waals surface area contributed by atoms with Crippen molar-refractivity contribution in [1.29, 1.82) is 0 Å². The number of halogens is 2. The number of ether oxygens (including phenoxy) is 2. The average Bonchev–Trinajstić information content (AvgIpc) is 3.21. The standard InChI is InChI=1S/C18H24F2N2O2/c1-4-22-9-17(16(21)10-23-3)24-11-18(8-12(18)2)13-5-6-14(19)15(20)7-13/h5-7,9,12H,4,8,10-11,21H2,1-3H3/b17-16+,22-9?/t12?,18-/m0/s1. The fourth-order valence-corrected chi connectivity index (χ4v) is 2.80. The minimum Gasteiger partial charge on any atom is -0.489 e. The van der Waals surface area contributed by atoms with Crippen molar-refractivity contribution in [2.75, 3.05) is 26.9 Å². The SMILES string of the molecule is CCN=C/C(OC[C@@]1(c2ccc(F)c(F)c2)CC1C)=C(\N)COC. The highest BCUT2D eigenvalue weighted by Crippen LogP contribution is 2.54. The van der Waals surface area contributed by atoms with Crippen LogP contribution in [0.4, 0.5) is 8.78 Å². The van der Waals surface area contributed by atoms with E-state index in [2.05, 4.69) is 11.9 Å². The van der Waals surface area contributed by atoms with Gasteiger partial charge >= 0.3 is 0 Å². The minimum atomic E-state index is -0.844. The van der Waals surface area contributed by atoms with Crippen LogP contribution in [0, 0.1) is 17.6 Å². The van der Waals surface area contributed by atoms with Gasteiger partial charge in [0.15, 0.2) is 17.4 Å². The number of nitrogens with zero attached hydrogens (tertiary/aromatic N) is 1. The Hall–Kier alpha value is -1.95. The molecular weight excluding hydrogens is 314 g/mol. The van der Waals surface area contributed by atoms with Crippen LogP contribution in [0.25, 0.3) is 0 Å². The minimum absolute atomic E-state index is 0.235. The smallest absolute Gasteiger partial charge is 0.159 e. The lowest BCUT2D eigenvalue weighted by atomic mass is 9.94. The van der Waals surface area contributed by atoms with E-state index >= 15 is 0 Å². The summed E-state index contributed by atoms with van der Waals surface area (Å²) in [6.07, 6.45) is 2.43. The van der Waals surface area contributed by atoms with Crippen molar-refractivity contribution in [1.82, 2.24) is 0 Å². The van der Waals surface area contributed by atoms with Crippen molar-refractivity contribution in [3.05, 3.63) is 46.9 Å². The van der Waals surface area contributed by atoms with Gasteiger partial charge in [0.1, 0.15) is 0 Å². The Labute approximate surface area is 141 Å². The summed E-state index contributed by atoms with van der Waals surface area (Å²) >= 11 is 0. The first-order valence-corrected chi connectivity index (χ1v) is 8.00. The van der Waals surface area contributed by atoms with E-state index < -0.39 is 11.6 Å². The van der Waals surface area contributed by atoms with E-state index in [9.17, 15) is 8.78 Å². The second-order valence-corrected chi connectivity index (χ2v) is 6.13. The molecule has 1 fully saturated rings. The Kier molecular flexibility index (Phi) is 5.94. The average molecular weight is 338 g/mol. The molecule has 1 unspecified atom stereocenters. The Morgan fingerprint density at radius 3 is 2.67 bits per heavy atom. The van der Waals surface area contributed by atoms with Gasteiger partial charge in [-0.1, -0.05) is 13.0 Å². The summed E-state index contributed by atoms with van der Waals surface area (Å²) in [6.45, 7) is 5.14. The van der Waals surface area contributed by atoms with Crippen molar-refractivity contribution >= 4 is 6.21 Å². The molecule has 0 heterocycles. The van der Waals surface area contributed by atoms with Crippen molar-refractivity contribution in [3.63, 3.8) is 0 Å². The molecule has 0 amide bonds. The largest absolute Gasteiger partial charge is 0.489 e. The van der Waals surface area contributed by atoms with Crippen LogP contribution in [-0.2, 0) is 14.9 Å². The molecule has 0 bridgehead atoms. The molecule has 0 aliphatic heterocycles. The molecule has 0 aromatic heterocycles. The Bertz CT molecular complexity index is 646. The number of nitrogens with two attached hydrogens (primary N) is 1. The number of hydrogen-bond acceptors (Lipinski definition) is 4. The number of rotatable bonds is 8. The van der Waals surface area contributed by atoms with Crippen molar-refractivity contribution in [2.45, 2.75) is 25.7 Å². The molecule has 2 N–H and O–H groups in total. The molecular formula is C18H24F2N2O2. The zero-order chi connectivity index (χ0) is 17.7. The summed E-state index contributed by atoms with van der Waals surface area (Å²) in [4.78, 5) is 4.16. The summed E-state index contributed by atoms with van der Waals surface area (Å²) in [5.74, 6) is -0.911. The van der Waals surface area contributed by atoms with Crippen molar-refractivity contribution < 1.29 is 18.3 Å². The topological polar surface area (TPSA) is 56.8 Å². The molecule has 1 aromatic carbocycles. The predicted molar refractivity (Wildman–Crippen MR) is 89.9 cm³/mol. The quantitative estimate of drug-likeness (QED) is 0.585. The third-order valence-corrected chi connectivity index (χ3v) is 4.44. The second-order valence-electron chi connectivity index (χ2n) is 6.13. The third kappa shape index (κ3) is 3.93. The lowest BCUT2D eigenvalue weighted by Crippen LogP contribution is -2.21. The Balaban J connectivity index is 2.18. The van der Waals surface area contributed by atoms with Gasteiger partial charge in [0, 0.05) is 19.1 Å². The van der Waals surface area contributed by atoms with E-state index in [1.807, 2.05) is 6.92 Å². The van der Waals surface area contributed by atoms with Gasteiger partial charge in [-0.05, 0) is 37.0 Å². The molecule has 1 aliphatic rings. The molecule has 1 aliphatic carbocycles. The van der Waals surface area contributed by atoms with E-state index in [4.69, 9.17) is 15.2 Å². The number of hydrogen-bond donors (Lipinski definition) is 1. The first-order valence-electron chi connectivity index (χ1n) is 8.00. The maximum absolute atomic E-state index is 13.6. The molecule has 1 aromatic rings. The molecule has 2 atom stereocenters. The van der Waals surface area contributed by atoms with Crippen LogP contribution in [0.2, 0.25) is 0 Å². The first-order chi connectivity index (χ1) is 11.4. The number of aliphatic imine (C=N–C) groups is 1. The van der Waals surface area contributed by atoms with E-state index in [1.165, 1.54) is 6.07 Å². The van der Waals surface area contributed by atoms with E-state index in [-0.39, 0.29) is 12.0 Å². The van der Waals surface area contributed by atoms with Crippen LogP contribution in [0.1, 0.15) is 25.8 Å². The summed E-state index contributed by atoms with van der Waals surface area (Å²) in [7, 11) is 1.55. The van der Waals surface area contributed by atoms with Crippen molar-refractivity contribution in [3.8, 4) is 0 Å². The first kappa shape index (κ1) is 18.4. The number of methoxy groups -OCH3 is 1. The highest BCUT2D eigenvalue weighted by Gasteiger charge is 2.53. The molecule has 0 saturated heterocycles. The fraction of sp³-hybridized carbons (Fsp3) is 0.500. The lowest BCUT2D eigenvalue weighted by molar-refractivity contribution is 0.179. The highest BCUT2D eigenvalue weighted by molar-refractivity contribution is 5.77. The van der Waals surface area contributed by atoms with Gasteiger partial charge in [-0.15, -0.1) is 0 Å². The Morgan fingerprint density at radius 1 is 1.42 bits per heavy atom. The summed E-state index contributed by atoms with van der Waals surface area (Å²) in [5.41, 5.74) is 6.83. The zero-order valence-electron chi connectivity index (χ0n) is 14.3. The molecule has 2 rings (SSSR count). The number of allylic oxidation sites excluding steroid dienone is 1. The van der Waals surface area contributed by atoms with Gasteiger partial charge < -0.3 is 15.2 Å². The summed E-state index contributed by atoms with van der Waals surface area (Å²) < 4.78 is 37.7. The maximum atomic E-state index is 13.6. The zero-order valence-corrected chi connectivity index (χ0v) is 14.3. The van der Waals surface area contributed by atoms with Crippen LogP contribution >= 0.6 is 0 Å². The van der Waals surface area contributed by atoms with Crippen LogP contribution in [-0.4, -0.2) is 33.1 Å². The molecule has 6 heteroatoms.